The molecule has 0 spiro atoms. The van der Waals surface area contributed by atoms with Crippen molar-refractivity contribution in [3.8, 4) is 5.75 Å². The zero-order valence-corrected chi connectivity index (χ0v) is 13.4. The Labute approximate surface area is 138 Å². The number of nitrogen functional groups attached to an aromatic ring is 1. The van der Waals surface area contributed by atoms with Gasteiger partial charge in [-0.2, -0.15) is 0 Å². The van der Waals surface area contributed by atoms with E-state index in [0.717, 1.165) is 4.90 Å². The summed E-state index contributed by atoms with van der Waals surface area (Å²) in [6, 6.07) is 14.3. The molecule has 0 aliphatic carbocycles. The van der Waals surface area contributed by atoms with Gasteiger partial charge in [0.05, 0.1) is 18.0 Å². The molecule has 2 aromatic rings. The van der Waals surface area contributed by atoms with E-state index in [-0.39, 0.29) is 18.2 Å². The van der Waals surface area contributed by atoms with E-state index in [1.807, 2.05) is 18.2 Å². The Morgan fingerprint density at radius 1 is 1.17 bits per heavy atom. The van der Waals surface area contributed by atoms with E-state index in [2.05, 4.69) is 0 Å². The van der Waals surface area contributed by atoms with Crippen LogP contribution in [0.1, 0.15) is 6.42 Å². The molecule has 23 heavy (non-hydrogen) atoms. The van der Waals surface area contributed by atoms with Crippen LogP contribution in [-0.4, -0.2) is 24.2 Å². The molecule has 3 rings (SSSR count). The van der Waals surface area contributed by atoms with Gasteiger partial charge in [0.15, 0.2) is 0 Å². The van der Waals surface area contributed by atoms with Gasteiger partial charge in [0.25, 0.3) is 0 Å². The number of benzene rings is 2. The van der Waals surface area contributed by atoms with Gasteiger partial charge in [0.1, 0.15) is 5.75 Å². The van der Waals surface area contributed by atoms with E-state index in [4.69, 9.17) is 10.5 Å². The fourth-order valence-electron chi connectivity index (χ4n) is 2.46. The first-order chi connectivity index (χ1) is 11.1. The van der Waals surface area contributed by atoms with Gasteiger partial charge in [0, 0.05) is 23.1 Å². The van der Waals surface area contributed by atoms with Crippen molar-refractivity contribution in [2.24, 2.45) is 0 Å². The van der Waals surface area contributed by atoms with E-state index in [9.17, 15) is 9.59 Å². The first-order valence-electron chi connectivity index (χ1n) is 7.12. The van der Waals surface area contributed by atoms with Crippen LogP contribution < -0.4 is 15.4 Å². The van der Waals surface area contributed by atoms with Crippen LogP contribution >= 0.6 is 11.8 Å². The van der Waals surface area contributed by atoms with Crippen molar-refractivity contribution in [3.63, 3.8) is 0 Å². The highest BCUT2D eigenvalue weighted by atomic mass is 32.2. The van der Waals surface area contributed by atoms with E-state index >= 15 is 0 Å². The summed E-state index contributed by atoms with van der Waals surface area (Å²) < 4.78 is 5.15. The largest absolute Gasteiger partial charge is 0.497 e. The number of amides is 2. The molecule has 0 unspecified atom stereocenters. The molecule has 1 saturated heterocycles. The number of anilines is 2. The second kappa shape index (κ2) is 6.34. The van der Waals surface area contributed by atoms with Crippen molar-refractivity contribution < 1.29 is 14.3 Å². The fourth-order valence-corrected chi connectivity index (χ4v) is 3.56. The topological polar surface area (TPSA) is 72.6 Å². The molecule has 0 saturated carbocycles. The van der Waals surface area contributed by atoms with E-state index in [1.54, 1.807) is 37.4 Å². The van der Waals surface area contributed by atoms with Crippen LogP contribution in [0, 0.1) is 0 Å². The molecule has 2 aromatic carbocycles. The molecule has 1 heterocycles. The Morgan fingerprint density at radius 3 is 2.70 bits per heavy atom. The van der Waals surface area contributed by atoms with Crippen LogP contribution in [0.3, 0.4) is 0 Å². The summed E-state index contributed by atoms with van der Waals surface area (Å²) in [5, 5.41) is -0.460. The number of carbonyl (C=O) groups is 2. The molecular formula is C17H16N2O3S. The molecule has 1 aliphatic rings. The Balaban J connectivity index is 1.84. The molecule has 6 heteroatoms. The minimum atomic E-state index is -0.460. The van der Waals surface area contributed by atoms with Gasteiger partial charge in [0.2, 0.25) is 11.8 Å². The number of ether oxygens (including phenoxy) is 1. The maximum atomic E-state index is 12.6. The number of nitrogens with two attached hydrogens (primary N) is 1. The molecule has 0 bridgehead atoms. The molecule has 0 radical (unpaired) electrons. The third-order valence-electron chi connectivity index (χ3n) is 3.60. The lowest BCUT2D eigenvalue weighted by atomic mass is 10.3. The highest BCUT2D eigenvalue weighted by Gasteiger charge is 2.40. The quantitative estimate of drug-likeness (QED) is 0.690. The van der Waals surface area contributed by atoms with E-state index < -0.39 is 5.25 Å². The minimum Gasteiger partial charge on any atom is -0.497 e. The summed E-state index contributed by atoms with van der Waals surface area (Å²) in [6.45, 7) is 0. The van der Waals surface area contributed by atoms with Crippen molar-refractivity contribution >= 4 is 35.0 Å². The number of hydrogen-bond acceptors (Lipinski definition) is 5. The zero-order chi connectivity index (χ0) is 16.4. The predicted octanol–water partition coefficient (Wildman–Crippen LogP) is 2.70. The van der Waals surface area contributed by atoms with Crippen LogP contribution in [-0.2, 0) is 9.59 Å². The predicted molar refractivity (Wildman–Crippen MR) is 90.6 cm³/mol. The Bertz CT molecular complexity index is 763. The van der Waals surface area contributed by atoms with Crippen LogP contribution in [0.25, 0.3) is 0 Å². The van der Waals surface area contributed by atoms with Crippen molar-refractivity contribution in [2.45, 2.75) is 16.6 Å². The smallest absolute Gasteiger partial charge is 0.247 e. The average Bonchev–Trinajstić information content (AvgIpc) is 2.83. The SMILES string of the molecule is COc1cccc(N2C(=O)C[C@H](Sc3ccccc3N)C2=O)c1. The lowest BCUT2D eigenvalue weighted by Gasteiger charge is -2.16. The average molecular weight is 328 g/mol. The Kier molecular flexibility index (Phi) is 4.25. The maximum Gasteiger partial charge on any atom is 0.247 e. The summed E-state index contributed by atoms with van der Waals surface area (Å²) >= 11 is 1.33. The molecule has 2 N–H and O–H groups in total. The molecule has 1 aliphatic heterocycles. The number of thioether (sulfide) groups is 1. The van der Waals surface area contributed by atoms with Gasteiger partial charge in [-0.15, -0.1) is 11.8 Å². The first-order valence-corrected chi connectivity index (χ1v) is 8.00. The van der Waals surface area contributed by atoms with Crippen LogP contribution in [0.4, 0.5) is 11.4 Å². The number of para-hydroxylation sites is 1. The van der Waals surface area contributed by atoms with Gasteiger partial charge in [-0.1, -0.05) is 18.2 Å². The zero-order valence-electron chi connectivity index (χ0n) is 12.6. The van der Waals surface area contributed by atoms with E-state index in [0.29, 0.717) is 17.1 Å². The van der Waals surface area contributed by atoms with Crippen molar-refractivity contribution in [2.75, 3.05) is 17.7 Å². The number of methoxy groups -OCH3 is 1. The van der Waals surface area contributed by atoms with Gasteiger partial charge in [-0.05, 0) is 24.3 Å². The van der Waals surface area contributed by atoms with Gasteiger partial charge < -0.3 is 10.5 Å². The Hall–Kier alpha value is -2.47. The monoisotopic (exact) mass is 328 g/mol. The first kappa shape index (κ1) is 15.4. The number of imide groups is 1. The molecule has 5 nitrogen and oxygen atoms in total. The van der Waals surface area contributed by atoms with Crippen LogP contribution in [0.5, 0.6) is 5.75 Å². The number of rotatable bonds is 4. The van der Waals surface area contributed by atoms with E-state index in [1.165, 1.54) is 16.7 Å². The lowest BCUT2D eigenvalue weighted by molar-refractivity contribution is -0.121. The van der Waals surface area contributed by atoms with Crippen LogP contribution in [0.2, 0.25) is 0 Å². The third kappa shape index (κ3) is 3.03. The van der Waals surface area contributed by atoms with Gasteiger partial charge >= 0.3 is 0 Å². The van der Waals surface area contributed by atoms with Gasteiger partial charge in [-0.25, -0.2) is 4.90 Å². The summed E-state index contributed by atoms with van der Waals surface area (Å²) in [7, 11) is 1.55. The summed E-state index contributed by atoms with van der Waals surface area (Å²) in [5.74, 6) is 0.165. The molecule has 2 amide bonds. The highest BCUT2D eigenvalue weighted by molar-refractivity contribution is 8.00. The summed E-state index contributed by atoms with van der Waals surface area (Å²) in [5.41, 5.74) is 7.06. The standard InChI is InChI=1S/C17H16N2O3S/c1-22-12-6-4-5-11(9-12)19-16(20)10-15(17(19)21)23-14-8-3-2-7-13(14)18/h2-9,15H,10,18H2,1H3/t15-/m0/s1. The maximum absolute atomic E-state index is 12.6. The number of nitrogens with zero attached hydrogens (tertiary/aromatic N) is 1. The molecule has 0 aromatic heterocycles. The normalized spacial score (nSPS) is 17.6. The number of hydrogen-bond donors (Lipinski definition) is 1. The Morgan fingerprint density at radius 2 is 1.96 bits per heavy atom. The molecule has 1 atom stereocenters. The number of carbonyl (C=O) groups excluding carboxylic acids is 2. The summed E-state index contributed by atoms with van der Waals surface area (Å²) in [6.07, 6.45) is 0.162. The summed E-state index contributed by atoms with van der Waals surface area (Å²) in [4.78, 5) is 27.0. The second-order valence-corrected chi connectivity index (χ2v) is 6.36. The van der Waals surface area contributed by atoms with Crippen molar-refractivity contribution in [1.29, 1.82) is 0 Å². The van der Waals surface area contributed by atoms with Crippen molar-refractivity contribution in [1.82, 2.24) is 0 Å². The van der Waals surface area contributed by atoms with Gasteiger partial charge in [-0.3, -0.25) is 9.59 Å². The molecular weight excluding hydrogens is 312 g/mol. The second-order valence-electron chi connectivity index (χ2n) is 5.12. The third-order valence-corrected chi connectivity index (χ3v) is 4.88. The minimum absolute atomic E-state index is 0.162. The van der Waals surface area contributed by atoms with Crippen LogP contribution in [0.15, 0.2) is 53.4 Å². The lowest BCUT2D eigenvalue weighted by Crippen LogP contribution is -2.31. The highest BCUT2D eigenvalue weighted by Crippen LogP contribution is 2.36. The van der Waals surface area contributed by atoms with Crippen molar-refractivity contribution in [3.05, 3.63) is 48.5 Å². The molecule has 118 valence electrons. The fraction of sp³-hybridized carbons (Fsp3) is 0.176. The molecule has 1 fully saturated rings.